The first-order valence-electron chi connectivity index (χ1n) is 10.8. The van der Waals surface area contributed by atoms with Gasteiger partial charge in [-0.3, -0.25) is 14.9 Å². The first kappa shape index (κ1) is 25.8. The molecule has 0 radical (unpaired) electrons. The maximum absolute atomic E-state index is 13.2. The van der Waals surface area contributed by atoms with Crippen LogP contribution in [0.5, 0.6) is 11.5 Å². The average molecular weight is 590 g/mol. The number of anilines is 1. The van der Waals surface area contributed by atoms with Gasteiger partial charge in [0.25, 0.3) is 11.8 Å². The molecule has 1 heterocycles. The first-order valence-corrected chi connectivity index (χ1v) is 12.3. The number of barbiturate groups is 1. The van der Waals surface area contributed by atoms with Gasteiger partial charge in [0.05, 0.1) is 22.3 Å². The number of benzene rings is 3. The second-order valence-corrected chi connectivity index (χ2v) is 9.22. The van der Waals surface area contributed by atoms with Crippen molar-refractivity contribution < 1.29 is 23.9 Å². The van der Waals surface area contributed by atoms with Gasteiger partial charge in [-0.15, -0.1) is 0 Å². The van der Waals surface area contributed by atoms with Gasteiger partial charge in [0.1, 0.15) is 12.2 Å². The van der Waals surface area contributed by atoms with Crippen LogP contribution in [0.25, 0.3) is 6.08 Å². The molecule has 0 aromatic heterocycles. The quantitative estimate of drug-likeness (QED) is 0.255. The summed E-state index contributed by atoms with van der Waals surface area (Å²) in [5, 5.41) is 2.58. The van der Waals surface area contributed by atoms with Crippen LogP contribution >= 0.6 is 39.1 Å². The molecule has 1 aliphatic heterocycles. The highest BCUT2D eigenvalue weighted by atomic mass is 79.9. The highest BCUT2D eigenvalue weighted by Gasteiger charge is 2.37. The largest absolute Gasteiger partial charge is 0.490 e. The zero-order valence-corrected chi connectivity index (χ0v) is 22.0. The molecule has 3 aromatic carbocycles. The van der Waals surface area contributed by atoms with Crippen LogP contribution in [0.4, 0.5) is 10.5 Å². The number of hydrogen-bond donors (Lipinski definition) is 1. The average Bonchev–Trinajstić information content (AvgIpc) is 2.83. The topological polar surface area (TPSA) is 84.9 Å². The second-order valence-electron chi connectivity index (χ2n) is 7.55. The molecule has 0 atom stereocenters. The molecule has 0 bridgehead atoms. The van der Waals surface area contributed by atoms with E-state index in [4.69, 9.17) is 32.7 Å². The van der Waals surface area contributed by atoms with Crippen LogP contribution in [-0.2, 0) is 16.2 Å². The van der Waals surface area contributed by atoms with Gasteiger partial charge in [-0.25, -0.2) is 9.69 Å². The summed E-state index contributed by atoms with van der Waals surface area (Å²) in [5.74, 6) is -0.993. The van der Waals surface area contributed by atoms with Crippen LogP contribution in [0.3, 0.4) is 0 Å². The molecule has 4 amide bonds. The van der Waals surface area contributed by atoms with Crippen LogP contribution in [0.1, 0.15) is 18.1 Å². The highest BCUT2D eigenvalue weighted by Crippen LogP contribution is 2.38. The van der Waals surface area contributed by atoms with Crippen LogP contribution in [-0.4, -0.2) is 24.5 Å². The Balaban J connectivity index is 1.68. The van der Waals surface area contributed by atoms with Crippen molar-refractivity contribution in [3.63, 3.8) is 0 Å². The van der Waals surface area contributed by atoms with Gasteiger partial charge >= 0.3 is 6.03 Å². The van der Waals surface area contributed by atoms with Gasteiger partial charge in [0.2, 0.25) is 0 Å². The minimum atomic E-state index is -0.890. The lowest BCUT2D eigenvalue weighted by Crippen LogP contribution is -2.54. The lowest BCUT2D eigenvalue weighted by atomic mass is 10.1. The van der Waals surface area contributed by atoms with E-state index in [9.17, 15) is 14.4 Å². The Morgan fingerprint density at radius 3 is 2.42 bits per heavy atom. The molecule has 36 heavy (non-hydrogen) atoms. The summed E-state index contributed by atoms with van der Waals surface area (Å²) in [4.78, 5) is 39.0. The summed E-state index contributed by atoms with van der Waals surface area (Å²) in [6.07, 6.45) is 1.33. The first-order chi connectivity index (χ1) is 17.3. The lowest BCUT2D eigenvalue weighted by Gasteiger charge is -2.27. The Hall–Kier alpha value is -3.33. The standard InChI is InChI=1S/C26H19BrCl2N2O5/c1-2-35-22-13-15(12-20(29)23(22)36-14-16-7-3-4-8-18(16)27)11-17-24(32)30-26(34)31(25(17)33)21-10-6-5-9-19(21)28/h3-13H,2,14H2,1H3,(H,30,32,34)/b17-11+. The van der Waals surface area contributed by atoms with Crippen molar-refractivity contribution in [1.29, 1.82) is 0 Å². The molecular weight excluding hydrogens is 571 g/mol. The minimum Gasteiger partial charge on any atom is -0.490 e. The van der Waals surface area contributed by atoms with E-state index in [1.54, 1.807) is 24.3 Å². The van der Waals surface area contributed by atoms with Crippen molar-refractivity contribution in [2.45, 2.75) is 13.5 Å². The van der Waals surface area contributed by atoms with Crippen molar-refractivity contribution in [2.75, 3.05) is 11.5 Å². The summed E-state index contributed by atoms with van der Waals surface area (Å²) < 4.78 is 12.6. The van der Waals surface area contributed by atoms with Gasteiger partial charge < -0.3 is 9.47 Å². The normalized spacial score (nSPS) is 14.7. The number of nitrogens with zero attached hydrogens (tertiary/aromatic N) is 1. The third-order valence-electron chi connectivity index (χ3n) is 5.17. The maximum Gasteiger partial charge on any atom is 0.335 e. The number of rotatable bonds is 7. The number of halogens is 3. The van der Waals surface area contributed by atoms with Crippen LogP contribution in [0.2, 0.25) is 10.0 Å². The van der Waals surface area contributed by atoms with E-state index >= 15 is 0 Å². The van der Waals surface area contributed by atoms with Gasteiger partial charge in [-0.1, -0.05) is 69.5 Å². The van der Waals surface area contributed by atoms with Crippen LogP contribution < -0.4 is 19.7 Å². The lowest BCUT2D eigenvalue weighted by molar-refractivity contribution is -0.122. The van der Waals surface area contributed by atoms with E-state index in [1.807, 2.05) is 31.2 Å². The minimum absolute atomic E-state index is 0.156. The number of hydrogen-bond acceptors (Lipinski definition) is 5. The van der Waals surface area contributed by atoms with Gasteiger partial charge in [-0.2, -0.15) is 0 Å². The molecule has 1 saturated heterocycles. The zero-order chi connectivity index (χ0) is 25.8. The molecule has 1 fully saturated rings. The molecule has 10 heteroatoms. The molecule has 0 spiro atoms. The summed E-state index contributed by atoms with van der Waals surface area (Å²) in [6, 6.07) is 16.2. The Morgan fingerprint density at radius 2 is 1.69 bits per heavy atom. The Morgan fingerprint density at radius 1 is 0.972 bits per heavy atom. The fraction of sp³-hybridized carbons (Fsp3) is 0.115. The number of carbonyl (C=O) groups is 3. The monoisotopic (exact) mass is 588 g/mol. The molecule has 0 saturated carbocycles. The number of imide groups is 2. The Labute approximate surface area is 225 Å². The summed E-state index contributed by atoms with van der Waals surface area (Å²) in [7, 11) is 0. The number of amides is 4. The summed E-state index contributed by atoms with van der Waals surface area (Å²) in [5.41, 5.74) is 1.21. The molecule has 7 nitrogen and oxygen atoms in total. The molecule has 3 aromatic rings. The van der Waals surface area contributed by atoms with Gasteiger partial charge in [0.15, 0.2) is 11.5 Å². The van der Waals surface area contributed by atoms with E-state index in [1.165, 1.54) is 18.2 Å². The van der Waals surface area contributed by atoms with Crippen molar-refractivity contribution in [1.82, 2.24) is 5.32 Å². The fourth-order valence-corrected chi connectivity index (χ4v) is 4.41. The zero-order valence-electron chi connectivity index (χ0n) is 18.9. The third kappa shape index (κ3) is 5.41. The number of carbonyl (C=O) groups excluding carboxylic acids is 3. The third-order valence-corrected chi connectivity index (χ3v) is 6.54. The van der Waals surface area contributed by atoms with E-state index < -0.39 is 17.8 Å². The Kier molecular flexibility index (Phi) is 7.98. The fourth-order valence-electron chi connectivity index (χ4n) is 3.52. The molecule has 1 N–H and O–H groups in total. The smallest absolute Gasteiger partial charge is 0.335 e. The molecule has 0 aliphatic carbocycles. The van der Waals surface area contributed by atoms with Crippen molar-refractivity contribution in [3.8, 4) is 11.5 Å². The maximum atomic E-state index is 13.2. The number of nitrogens with one attached hydrogen (secondary N) is 1. The van der Waals surface area contributed by atoms with E-state index in [2.05, 4.69) is 21.2 Å². The molecule has 1 aliphatic rings. The van der Waals surface area contributed by atoms with Crippen molar-refractivity contribution >= 4 is 68.7 Å². The molecule has 4 rings (SSSR count). The van der Waals surface area contributed by atoms with Gasteiger partial charge in [0, 0.05) is 10.0 Å². The molecule has 0 unspecified atom stereocenters. The predicted molar refractivity (Wildman–Crippen MR) is 142 cm³/mol. The SMILES string of the molecule is CCOc1cc(/C=C2\C(=O)NC(=O)N(c3ccccc3Cl)C2=O)cc(Cl)c1OCc1ccccc1Br. The summed E-state index contributed by atoms with van der Waals surface area (Å²) >= 11 is 16.2. The Bertz CT molecular complexity index is 1390. The number of urea groups is 1. The molecular formula is C26H19BrCl2N2O5. The molecule has 184 valence electrons. The predicted octanol–water partition coefficient (Wildman–Crippen LogP) is 6.40. The van der Waals surface area contributed by atoms with E-state index in [-0.39, 0.29) is 27.9 Å². The number of ether oxygens (including phenoxy) is 2. The second kappa shape index (κ2) is 11.2. The van der Waals surface area contributed by atoms with Gasteiger partial charge in [-0.05, 0) is 48.9 Å². The van der Waals surface area contributed by atoms with E-state index in [0.29, 0.717) is 23.7 Å². The van der Waals surface area contributed by atoms with Crippen LogP contribution in [0.15, 0.2) is 70.7 Å². The van der Waals surface area contributed by atoms with Crippen LogP contribution in [0, 0.1) is 0 Å². The van der Waals surface area contributed by atoms with Crippen molar-refractivity contribution in [2.24, 2.45) is 0 Å². The highest BCUT2D eigenvalue weighted by molar-refractivity contribution is 9.10. The van der Waals surface area contributed by atoms with E-state index in [0.717, 1.165) is 14.9 Å². The van der Waals surface area contributed by atoms with Crippen molar-refractivity contribution in [3.05, 3.63) is 91.9 Å². The number of para-hydroxylation sites is 1. The summed E-state index contributed by atoms with van der Waals surface area (Å²) in [6.45, 7) is 2.37.